The monoisotopic (exact) mass is 211 g/mol. The number of aryl methyl sites for hydroxylation is 1. The second-order valence-corrected chi connectivity index (χ2v) is 4.32. The highest BCUT2D eigenvalue weighted by Crippen LogP contribution is 2.32. The van der Waals surface area contributed by atoms with Gasteiger partial charge in [-0.15, -0.1) is 0 Å². The van der Waals surface area contributed by atoms with Crippen molar-refractivity contribution >= 4 is 0 Å². The van der Waals surface area contributed by atoms with E-state index < -0.39 is 0 Å². The molecule has 0 amide bonds. The van der Waals surface area contributed by atoms with E-state index >= 15 is 0 Å². The van der Waals surface area contributed by atoms with Crippen LogP contribution in [-0.4, -0.2) is 17.8 Å². The van der Waals surface area contributed by atoms with Crippen LogP contribution in [0.25, 0.3) is 0 Å². The lowest BCUT2D eigenvalue weighted by Crippen LogP contribution is -2.43. The molecule has 0 saturated carbocycles. The Hall–Kier alpha value is -0.800. The largest absolute Gasteiger partial charge is 0.466 e. The van der Waals surface area contributed by atoms with Crippen LogP contribution in [0.2, 0.25) is 0 Å². The molecule has 2 atom stereocenters. The smallest absolute Gasteiger partial charge is 0.111 e. The van der Waals surface area contributed by atoms with E-state index in [4.69, 9.17) is 15.3 Å². The number of aliphatic hydroxyl groups is 1. The third-order valence-electron chi connectivity index (χ3n) is 3.19. The van der Waals surface area contributed by atoms with Gasteiger partial charge in [-0.25, -0.2) is 0 Å². The molecular weight excluding hydrogens is 190 g/mol. The maximum absolute atomic E-state index is 9.12. The molecule has 1 heterocycles. The van der Waals surface area contributed by atoms with Crippen LogP contribution in [0.1, 0.15) is 38.2 Å². The number of hydrogen-bond donors (Lipinski definition) is 2. The third-order valence-corrected chi connectivity index (χ3v) is 3.19. The molecule has 3 N–H and O–H groups in total. The first kappa shape index (κ1) is 12.3. The van der Waals surface area contributed by atoms with Gasteiger partial charge in [0.25, 0.3) is 0 Å². The fourth-order valence-electron chi connectivity index (χ4n) is 1.92. The van der Waals surface area contributed by atoms with Crippen molar-refractivity contribution < 1.29 is 9.52 Å². The highest BCUT2D eigenvalue weighted by Gasteiger charge is 2.35. The van der Waals surface area contributed by atoms with E-state index in [9.17, 15) is 0 Å². The summed E-state index contributed by atoms with van der Waals surface area (Å²) in [6, 6.07) is 3.91. The molecule has 0 saturated heterocycles. The predicted molar refractivity (Wildman–Crippen MR) is 60.8 cm³/mol. The first-order valence-electron chi connectivity index (χ1n) is 5.48. The standard InChI is InChI=1S/C12H21NO2/c1-4-10(13)12(3,7-8-14)11-6-5-9(2)15-11/h5-6,10,14H,4,7-8,13H2,1-3H3. The quantitative estimate of drug-likeness (QED) is 0.782. The molecule has 0 aliphatic carbocycles. The molecule has 0 aliphatic rings. The molecule has 0 spiro atoms. The maximum Gasteiger partial charge on any atom is 0.111 e. The summed E-state index contributed by atoms with van der Waals surface area (Å²) in [6.07, 6.45) is 1.51. The lowest BCUT2D eigenvalue weighted by atomic mass is 9.76. The van der Waals surface area contributed by atoms with Gasteiger partial charge in [-0.3, -0.25) is 0 Å². The van der Waals surface area contributed by atoms with Crippen LogP contribution in [0, 0.1) is 6.92 Å². The molecule has 1 aromatic rings. The Labute approximate surface area is 91.3 Å². The van der Waals surface area contributed by atoms with Crippen LogP contribution in [0.15, 0.2) is 16.5 Å². The summed E-state index contributed by atoms with van der Waals surface area (Å²) in [4.78, 5) is 0. The number of nitrogens with two attached hydrogens (primary N) is 1. The van der Waals surface area contributed by atoms with Crippen LogP contribution in [0.5, 0.6) is 0 Å². The zero-order valence-electron chi connectivity index (χ0n) is 9.79. The van der Waals surface area contributed by atoms with Crippen molar-refractivity contribution in [2.75, 3.05) is 6.61 Å². The first-order valence-corrected chi connectivity index (χ1v) is 5.48. The Balaban J connectivity index is 3.00. The minimum atomic E-state index is -0.266. The molecule has 3 nitrogen and oxygen atoms in total. The van der Waals surface area contributed by atoms with Gasteiger partial charge in [0.2, 0.25) is 0 Å². The molecule has 1 aromatic heterocycles. The van der Waals surface area contributed by atoms with Crippen LogP contribution >= 0.6 is 0 Å². The fraction of sp³-hybridized carbons (Fsp3) is 0.667. The van der Waals surface area contributed by atoms with Gasteiger partial charge in [-0.1, -0.05) is 13.8 Å². The molecule has 0 radical (unpaired) electrons. The molecule has 15 heavy (non-hydrogen) atoms. The molecule has 86 valence electrons. The highest BCUT2D eigenvalue weighted by atomic mass is 16.3. The average molecular weight is 211 g/mol. The van der Waals surface area contributed by atoms with E-state index in [0.717, 1.165) is 17.9 Å². The molecule has 0 fully saturated rings. The summed E-state index contributed by atoms with van der Waals surface area (Å²) in [5, 5.41) is 9.12. The lowest BCUT2D eigenvalue weighted by molar-refractivity contribution is 0.200. The van der Waals surface area contributed by atoms with Crippen molar-refractivity contribution in [2.45, 2.75) is 45.1 Å². The van der Waals surface area contributed by atoms with Gasteiger partial charge in [-0.2, -0.15) is 0 Å². The van der Waals surface area contributed by atoms with Gasteiger partial charge >= 0.3 is 0 Å². The summed E-state index contributed by atoms with van der Waals surface area (Å²) < 4.78 is 5.63. The third kappa shape index (κ3) is 2.41. The molecular formula is C12H21NO2. The number of hydrogen-bond acceptors (Lipinski definition) is 3. The van der Waals surface area contributed by atoms with Gasteiger partial charge < -0.3 is 15.3 Å². The maximum atomic E-state index is 9.12. The van der Waals surface area contributed by atoms with Crippen molar-refractivity contribution in [1.82, 2.24) is 0 Å². The van der Waals surface area contributed by atoms with Crippen molar-refractivity contribution in [3.8, 4) is 0 Å². The predicted octanol–water partition coefficient (Wildman–Crippen LogP) is 1.97. The Kier molecular flexibility index (Phi) is 3.94. The second kappa shape index (κ2) is 4.81. The number of rotatable bonds is 5. The van der Waals surface area contributed by atoms with E-state index in [1.165, 1.54) is 0 Å². The van der Waals surface area contributed by atoms with E-state index in [1.807, 2.05) is 19.1 Å². The zero-order chi connectivity index (χ0) is 11.5. The lowest BCUT2D eigenvalue weighted by Gasteiger charge is -2.32. The minimum absolute atomic E-state index is 0.00944. The Bertz CT molecular complexity index is 308. The summed E-state index contributed by atoms with van der Waals surface area (Å²) in [5.41, 5.74) is 5.84. The van der Waals surface area contributed by atoms with Gasteiger partial charge in [-0.05, 0) is 31.9 Å². The summed E-state index contributed by atoms with van der Waals surface area (Å²) >= 11 is 0. The fourth-order valence-corrected chi connectivity index (χ4v) is 1.92. The highest BCUT2D eigenvalue weighted by molar-refractivity contribution is 5.18. The summed E-state index contributed by atoms with van der Waals surface area (Å²) in [5.74, 6) is 1.76. The average Bonchev–Trinajstić information content (AvgIpc) is 2.64. The van der Waals surface area contributed by atoms with Gasteiger partial charge in [0.15, 0.2) is 0 Å². The number of furan rings is 1. The molecule has 0 bridgehead atoms. The SMILES string of the molecule is CCC(N)C(C)(CCO)c1ccc(C)o1. The van der Waals surface area contributed by atoms with Crippen molar-refractivity contribution in [3.63, 3.8) is 0 Å². The molecule has 3 heteroatoms. The molecule has 0 aromatic carbocycles. The normalized spacial score (nSPS) is 17.4. The molecule has 1 rings (SSSR count). The van der Waals surface area contributed by atoms with E-state index in [2.05, 4.69) is 13.8 Å². The zero-order valence-corrected chi connectivity index (χ0v) is 9.79. The van der Waals surface area contributed by atoms with Crippen molar-refractivity contribution in [1.29, 1.82) is 0 Å². The molecule has 2 unspecified atom stereocenters. The van der Waals surface area contributed by atoms with Crippen LogP contribution in [-0.2, 0) is 5.41 Å². The Morgan fingerprint density at radius 2 is 2.20 bits per heavy atom. The summed E-state index contributed by atoms with van der Waals surface area (Å²) in [7, 11) is 0. The summed E-state index contributed by atoms with van der Waals surface area (Å²) in [6.45, 7) is 6.15. The Morgan fingerprint density at radius 3 is 2.60 bits per heavy atom. The van der Waals surface area contributed by atoms with E-state index in [-0.39, 0.29) is 18.1 Å². The minimum Gasteiger partial charge on any atom is -0.466 e. The van der Waals surface area contributed by atoms with Crippen molar-refractivity contribution in [2.24, 2.45) is 5.73 Å². The first-order chi connectivity index (χ1) is 7.04. The van der Waals surface area contributed by atoms with Gasteiger partial charge in [0, 0.05) is 18.1 Å². The van der Waals surface area contributed by atoms with Crippen LogP contribution < -0.4 is 5.73 Å². The van der Waals surface area contributed by atoms with E-state index in [1.54, 1.807) is 0 Å². The van der Waals surface area contributed by atoms with Crippen molar-refractivity contribution in [3.05, 3.63) is 23.7 Å². The van der Waals surface area contributed by atoms with Gasteiger partial charge in [0.1, 0.15) is 11.5 Å². The number of aliphatic hydroxyl groups excluding tert-OH is 1. The van der Waals surface area contributed by atoms with Crippen LogP contribution in [0.4, 0.5) is 0 Å². The van der Waals surface area contributed by atoms with E-state index in [0.29, 0.717) is 6.42 Å². The van der Waals surface area contributed by atoms with Gasteiger partial charge in [0.05, 0.1) is 0 Å². The second-order valence-electron chi connectivity index (χ2n) is 4.32. The Morgan fingerprint density at radius 1 is 1.53 bits per heavy atom. The topological polar surface area (TPSA) is 59.4 Å². The molecule has 0 aliphatic heterocycles. The van der Waals surface area contributed by atoms with Crippen LogP contribution in [0.3, 0.4) is 0 Å².